The minimum Gasteiger partial charge on any atom is -0.480 e. The van der Waals surface area contributed by atoms with Crippen LogP contribution in [0.4, 0.5) is 11.4 Å². The second kappa shape index (κ2) is 7.09. The van der Waals surface area contributed by atoms with E-state index in [1.807, 2.05) is 0 Å². The van der Waals surface area contributed by atoms with E-state index >= 15 is 0 Å². The average molecular weight is 349 g/mol. The first-order chi connectivity index (χ1) is 11.4. The van der Waals surface area contributed by atoms with Crippen molar-refractivity contribution in [3.05, 3.63) is 59.5 Å². The van der Waals surface area contributed by atoms with Crippen LogP contribution in [0.25, 0.3) is 0 Å². The van der Waals surface area contributed by atoms with E-state index in [1.54, 1.807) is 30.3 Å². The molecule has 0 aliphatic carbocycles. The summed E-state index contributed by atoms with van der Waals surface area (Å²) in [5, 5.41) is 12.1. The van der Waals surface area contributed by atoms with Crippen molar-refractivity contribution in [3.63, 3.8) is 0 Å². The molecule has 0 aliphatic heterocycles. The smallest absolute Gasteiger partial charge is 0.325 e. The van der Waals surface area contributed by atoms with Gasteiger partial charge in [-0.25, -0.2) is 13.4 Å². The van der Waals surface area contributed by atoms with Gasteiger partial charge in [0.2, 0.25) is 0 Å². The minimum atomic E-state index is -3.77. The fraction of sp³-hybridized carbons (Fsp3) is 0.133. The number of rotatable bonds is 7. The Labute approximate surface area is 138 Å². The van der Waals surface area contributed by atoms with Gasteiger partial charge in [0, 0.05) is 7.05 Å². The fourth-order valence-electron chi connectivity index (χ4n) is 2.02. The highest BCUT2D eigenvalue weighted by molar-refractivity contribution is 7.92. The lowest BCUT2D eigenvalue weighted by molar-refractivity contribution is -0.135. The summed E-state index contributed by atoms with van der Waals surface area (Å²) in [6.07, 6.45) is 0. The van der Waals surface area contributed by atoms with Gasteiger partial charge >= 0.3 is 5.97 Å². The van der Waals surface area contributed by atoms with E-state index in [2.05, 4.69) is 5.29 Å². The molecule has 0 heterocycles. The quantitative estimate of drug-likeness (QED) is 0.606. The Morgan fingerprint density at radius 2 is 1.62 bits per heavy atom. The van der Waals surface area contributed by atoms with Crippen LogP contribution in [0.1, 0.15) is 0 Å². The van der Waals surface area contributed by atoms with E-state index in [0.29, 0.717) is 5.69 Å². The van der Waals surface area contributed by atoms with Crippen molar-refractivity contribution in [3.8, 4) is 0 Å². The Morgan fingerprint density at radius 1 is 1.04 bits per heavy atom. The van der Waals surface area contributed by atoms with Crippen molar-refractivity contribution in [1.82, 2.24) is 0 Å². The van der Waals surface area contributed by atoms with Gasteiger partial charge in [0.15, 0.2) is 0 Å². The number of nitrogens with zero attached hydrogens (tertiary/aromatic N) is 3. The summed E-state index contributed by atoms with van der Waals surface area (Å²) in [5.41, 5.74) is 0.692. The summed E-state index contributed by atoms with van der Waals surface area (Å²) in [4.78, 5) is 21.4. The first-order valence-electron chi connectivity index (χ1n) is 6.83. The number of para-hydroxylation sites is 1. The van der Waals surface area contributed by atoms with Crippen LogP contribution < -0.4 is 9.31 Å². The zero-order valence-corrected chi connectivity index (χ0v) is 13.5. The molecule has 0 bridgehead atoms. The topological polar surface area (TPSA) is 107 Å². The number of aliphatic carboxylic acids is 1. The lowest BCUT2D eigenvalue weighted by Gasteiger charge is -2.20. The van der Waals surface area contributed by atoms with Gasteiger partial charge in [-0.05, 0) is 36.4 Å². The highest BCUT2D eigenvalue weighted by atomic mass is 32.2. The highest BCUT2D eigenvalue weighted by Crippen LogP contribution is 2.24. The average Bonchev–Trinajstić information content (AvgIpc) is 2.59. The first kappa shape index (κ1) is 17.4. The fourth-order valence-corrected chi connectivity index (χ4v) is 3.22. The molecule has 2 aromatic rings. The SMILES string of the molecule is CN(c1ccccc1)S(=O)(=O)c1ccc(N(CC(=O)O)N=O)cc1. The van der Waals surface area contributed by atoms with Gasteiger partial charge in [-0.3, -0.25) is 9.10 Å². The molecule has 126 valence electrons. The molecule has 0 fully saturated rings. The molecule has 0 aromatic heterocycles. The van der Waals surface area contributed by atoms with Crippen LogP contribution >= 0.6 is 0 Å². The monoisotopic (exact) mass is 349 g/mol. The number of carboxylic acid groups (broad SMARTS) is 1. The molecule has 0 radical (unpaired) electrons. The Morgan fingerprint density at radius 3 is 2.12 bits per heavy atom. The third kappa shape index (κ3) is 3.69. The van der Waals surface area contributed by atoms with E-state index in [0.717, 1.165) is 9.31 Å². The van der Waals surface area contributed by atoms with Crippen molar-refractivity contribution in [2.24, 2.45) is 5.29 Å². The molecule has 1 N–H and O–H groups in total. The molecule has 0 amide bonds. The van der Waals surface area contributed by atoms with E-state index in [4.69, 9.17) is 5.11 Å². The zero-order valence-electron chi connectivity index (χ0n) is 12.7. The summed E-state index contributed by atoms with van der Waals surface area (Å²) < 4.78 is 26.3. The molecule has 0 aliphatic rings. The zero-order chi connectivity index (χ0) is 17.7. The largest absolute Gasteiger partial charge is 0.480 e. The number of carbonyl (C=O) groups is 1. The minimum absolute atomic E-state index is 0.0128. The number of anilines is 2. The van der Waals surface area contributed by atoms with E-state index in [-0.39, 0.29) is 10.6 Å². The predicted octanol–water partition coefficient (Wildman–Crippen LogP) is 2.08. The van der Waals surface area contributed by atoms with Gasteiger partial charge in [0.05, 0.1) is 21.6 Å². The Balaban J connectivity index is 2.29. The molecule has 8 nitrogen and oxygen atoms in total. The molecule has 0 unspecified atom stereocenters. The van der Waals surface area contributed by atoms with Gasteiger partial charge in [-0.2, -0.15) is 0 Å². The van der Waals surface area contributed by atoms with Gasteiger partial charge < -0.3 is 5.11 Å². The standard InChI is InChI=1S/C15H15N3O5S/c1-17(12-5-3-2-4-6-12)24(22,23)14-9-7-13(8-10-14)18(16-21)11-15(19)20/h2-10H,11H2,1H3,(H,19,20). The molecular formula is C15H15N3O5S. The van der Waals surface area contributed by atoms with Gasteiger partial charge in [-0.1, -0.05) is 18.2 Å². The Kier molecular flexibility index (Phi) is 5.14. The van der Waals surface area contributed by atoms with Gasteiger partial charge in [0.25, 0.3) is 10.0 Å². The normalized spacial score (nSPS) is 10.9. The lowest BCUT2D eigenvalue weighted by Crippen LogP contribution is -2.27. The molecule has 2 aromatic carbocycles. The van der Waals surface area contributed by atoms with Crippen LogP contribution in [0.15, 0.2) is 64.8 Å². The third-order valence-corrected chi connectivity index (χ3v) is 5.10. The molecule has 0 atom stereocenters. The van der Waals surface area contributed by atoms with E-state index in [1.165, 1.54) is 31.3 Å². The number of carboxylic acids is 1. The van der Waals surface area contributed by atoms with Crippen LogP contribution in [0.2, 0.25) is 0 Å². The van der Waals surface area contributed by atoms with Crippen molar-refractivity contribution in [2.75, 3.05) is 22.9 Å². The summed E-state index contributed by atoms with van der Waals surface area (Å²) in [5.74, 6) is -1.23. The predicted molar refractivity (Wildman–Crippen MR) is 89.2 cm³/mol. The van der Waals surface area contributed by atoms with Crippen LogP contribution in [0.5, 0.6) is 0 Å². The van der Waals surface area contributed by atoms with Crippen molar-refractivity contribution >= 4 is 27.4 Å². The number of nitroso groups, excluding NO2 is 1. The molecule has 0 saturated carbocycles. The van der Waals surface area contributed by atoms with Crippen LogP contribution in [-0.2, 0) is 14.8 Å². The van der Waals surface area contributed by atoms with E-state index in [9.17, 15) is 18.1 Å². The van der Waals surface area contributed by atoms with Crippen molar-refractivity contribution < 1.29 is 18.3 Å². The summed E-state index contributed by atoms with van der Waals surface area (Å²) in [6, 6.07) is 13.8. The van der Waals surface area contributed by atoms with Crippen LogP contribution in [-0.4, -0.2) is 33.1 Å². The number of sulfonamides is 1. The first-order valence-corrected chi connectivity index (χ1v) is 8.27. The Bertz CT molecular complexity index is 822. The summed E-state index contributed by atoms with van der Waals surface area (Å²) in [7, 11) is -2.34. The maximum Gasteiger partial charge on any atom is 0.325 e. The second-order valence-electron chi connectivity index (χ2n) is 4.84. The number of benzene rings is 2. The Hall–Kier alpha value is -2.94. The van der Waals surface area contributed by atoms with Crippen LogP contribution in [0.3, 0.4) is 0 Å². The third-order valence-electron chi connectivity index (χ3n) is 3.30. The second-order valence-corrected chi connectivity index (χ2v) is 6.80. The molecule has 24 heavy (non-hydrogen) atoms. The van der Waals surface area contributed by atoms with Crippen LogP contribution in [0, 0.1) is 4.91 Å². The van der Waals surface area contributed by atoms with E-state index < -0.39 is 22.5 Å². The maximum absolute atomic E-state index is 12.6. The lowest BCUT2D eigenvalue weighted by atomic mass is 10.3. The molecular weight excluding hydrogens is 334 g/mol. The molecule has 2 rings (SSSR count). The summed E-state index contributed by atoms with van der Waals surface area (Å²) in [6.45, 7) is -0.612. The van der Waals surface area contributed by atoms with Gasteiger partial charge in [-0.15, -0.1) is 4.91 Å². The summed E-state index contributed by atoms with van der Waals surface area (Å²) >= 11 is 0. The highest BCUT2D eigenvalue weighted by Gasteiger charge is 2.21. The van der Waals surface area contributed by atoms with Gasteiger partial charge in [0.1, 0.15) is 6.54 Å². The number of hydrogen-bond acceptors (Lipinski definition) is 5. The van der Waals surface area contributed by atoms with Crippen molar-refractivity contribution in [2.45, 2.75) is 4.90 Å². The van der Waals surface area contributed by atoms with Crippen molar-refractivity contribution in [1.29, 1.82) is 0 Å². The molecule has 0 spiro atoms. The molecule has 9 heteroatoms. The molecule has 0 saturated heterocycles. The maximum atomic E-state index is 12.6. The number of hydrogen-bond donors (Lipinski definition) is 1.